The normalized spacial score (nSPS) is 19.6. The van der Waals surface area contributed by atoms with E-state index in [0.29, 0.717) is 6.54 Å². The van der Waals surface area contributed by atoms with Crippen LogP contribution in [0.1, 0.15) is 45.3 Å². The third kappa shape index (κ3) is 4.20. The molecule has 1 amide bonds. The number of nitrogens with zero attached hydrogens (tertiary/aromatic N) is 3. The first-order valence-corrected chi connectivity index (χ1v) is 7.55. The lowest BCUT2D eigenvalue weighted by Crippen LogP contribution is -2.43. The molecule has 1 aromatic heterocycles. The summed E-state index contributed by atoms with van der Waals surface area (Å²) in [6.45, 7) is 7.88. The van der Waals surface area contributed by atoms with Gasteiger partial charge in [0.25, 0.3) is 0 Å². The van der Waals surface area contributed by atoms with Gasteiger partial charge in [0.2, 0.25) is 0 Å². The van der Waals surface area contributed by atoms with E-state index in [0.717, 1.165) is 31.6 Å². The van der Waals surface area contributed by atoms with Gasteiger partial charge in [-0.3, -0.25) is 4.68 Å². The van der Waals surface area contributed by atoms with E-state index >= 15 is 0 Å². The number of carbonyl (C=O) groups is 1. The van der Waals surface area contributed by atoms with Gasteiger partial charge in [0, 0.05) is 25.8 Å². The molecule has 1 fully saturated rings. The highest BCUT2D eigenvalue weighted by Gasteiger charge is 2.29. The molecule has 1 aromatic rings. The summed E-state index contributed by atoms with van der Waals surface area (Å²) in [5.74, 6) is 0. The Hall–Kier alpha value is -1.56. The van der Waals surface area contributed by atoms with Crippen molar-refractivity contribution in [3.8, 4) is 0 Å². The molecule has 2 rings (SSSR count). The summed E-state index contributed by atoms with van der Waals surface area (Å²) in [5, 5.41) is 7.57. The highest BCUT2D eigenvalue weighted by molar-refractivity contribution is 5.68. The topological polar surface area (TPSA) is 59.4 Å². The number of hydrogen-bond acceptors (Lipinski definition) is 4. The lowest BCUT2D eigenvalue weighted by Gasteiger charge is -2.34. The Morgan fingerprint density at radius 2 is 2.29 bits per heavy atom. The van der Waals surface area contributed by atoms with E-state index in [4.69, 9.17) is 4.74 Å². The van der Waals surface area contributed by atoms with Crippen LogP contribution in [0, 0.1) is 0 Å². The zero-order chi connectivity index (χ0) is 15.5. The quantitative estimate of drug-likeness (QED) is 0.928. The molecule has 118 valence electrons. The summed E-state index contributed by atoms with van der Waals surface area (Å²) >= 11 is 0. The Morgan fingerprint density at radius 3 is 2.95 bits per heavy atom. The van der Waals surface area contributed by atoms with Gasteiger partial charge in [0.05, 0.1) is 11.7 Å². The van der Waals surface area contributed by atoms with Gasteiger partial charge in [-0.2, -0.15) is 5.10 Å². The molecule has 1 atom stereocenters. The number of ether oxygens (including phenoxy) is 1. The average Bonchev–Trinajstić information content (AvgIpc) is 2.86. The second-order valence-corrected chi connectivity index (χ2v) is 6.52. The molecule has 21 heavy (non-hydrogen) atoms. The van der Waals surface area contributed by atoms with Gasteiger partial charge < -0.3 is 15.0 Å². The molecule has 0 spiro atoms. The van der Waals surface area contributed by atoms with Crippen molar-refractivity contribution in [3.05, 3.63) is 18.0 Å². The summed E-state index contributed by atoms with van der Waals surface area (Å²) in [7, 11) is 1.92. The van der Waals surface area contributed by atoms with Crippen LogP contribution in [-0.2, 0) is 11.3 Å². The molecule has 0 aromatic carbocycles. The van der Waals surface area contributed by atoms with E-state index in [-0.39, 0.29) is 12.1 Å². The van der Waals surface area contributed by atoms with Crippen molar-refractivity contribution >= 4 is 6.09 Å². The lowest BCUT2D eigenvalue weighted by molar-refractivity contribution is 0.0166. The predicted octanol–water partition coefficient (Wildman–Crippen LogP) is 2.17. The van der Waals surface area contributed by atoms with E-state index in [1.807, 2.05) is 44.8 Å². The van der Waals surface area contributed by atoms with Gasteiger partial charge in [0.15, 0.2) is 0 Å². The van der Waals surface area contributed by atoms with Crippen LogP contribution < -0.4 is 5.32 Å². The molecule has 6 nitrogen and oxygen atoms in total. The van der Waals surface area contributed by atoms with Crippen molar-refractivity contribution in [2.24, 2.45) is 0 Å². The minimum atomic E-state index is -0.451. The van der Waals surface area contributed by atoms with Crippen LogP contribution in [0.3, 0.4) is 0 Å². The van der Waals surface area contributed by atoms with E-state index in [1.165, 1.54) is 0 Å². The molecule has 1 unspecified atom stereocenters. The summed E-state index contributed by atoms with van der Waals surface area (Å²) in [5.41, 5.74) is 0.695. The predicted molar refractivity (Wildman–Crippen MR) is 81.1 cm³/mol. The van der Waals surface area contributed by atoms with Crippen molar-refractivity contribution in [2.75, 3.05) is 20.1 Å². The van der Waals surface area contributed by atoms with Gasteiger partial charge in [-0.15, -0.1) is 0 Å². The number of carbonyl (C=O) groups excluding carboxylic acids is 1. The molecule has 0 saturated carbocycles. The summed E-state index contributed by atoms with van der Waals surface area (Å²) in [6, 6.07) is 2.24. The van der Waals surface area contributed by atoms with Gasteiger partial charge >= 0.3 is 6.09 Å². The average molecular weight is 294 g/mol. The number of aromatic nitrogens is 2. The van der Waals surface area contributed by atoms with Crippen LogP contribution in [0.5, 0.6) is 0 Å². The Balaban J connectivity index is 2.03. The maximum Gasteiger partial charge on any atom is 0.410 e. The van der Waals surface area contributed by atoms with Crippen molar-refractivity contribution < 1.29 is 9.53 Å². The minimum absolute atomic E-state index is 0.226. The minimum Gasteiger partial charge on any atom is -0.444 e. The summed E-state index contributed by atoms with van der Waals surface area (Å²) in [4.78, 5) is 14.0. The SMILES string of the molecule is CNCc1ccnn1C1CCCN(C(=O)OC(C)(C)C)C1. The maximum absolute atomic E-state index is 12.2. The lowest BCUT2D eigenvalue weighted by atomic mass is 10.1. The standard InChI is InChI=1S/C15H26N4O2/c1-15(2,3)21-14(20)18-9-5-6-13(11-18)19-12(10-16-4)7-8-17-19/h7-8,13,16H,5-6,9-11H2,1-4H3. The molecule has 1 N–H and O–H groups in total. The van der Waals surface area contributed by atoms with Crippen LogP contribution in [0.4, 0.5) is 4.79 Å². The summed E-state index contributed by atoms with van der Waals surface area (Å²) in [6.07, 6.45) is 3.61. The first-order chi connectivity index (χ1) is 9.90. The molecule has 1 aliphatic heterocycles. The molecular weight excluding hydrogens is 268 g/mol. The Kier molecular flexibility index (Phi) is 4.88. The Labute approximate surface area is 126 Å². The highest BCUT2D eigenvalue weighted by Crippen LogP contribution is 2.24. The fraction of sp³-hybridized carbons (Fsp3) is 0.733. The smallest absolute Gasteiger partial charge is 0.410 e. The molecule has 0 radical (unpaired) electrons. The van der Waals surface area contributed by atoms with Crippen LogP contribution in [0.15, 0.2) is 12.3 Å². The second-order valence-electron chi connectivity index (χ2n) is 6.52. The number of nitrogens with one attached hydrogen (secondary N) is 1. The number of amides is 1. The number of hydrogen-bond donors (Lipinski definition) is 1. The van der Waals surface area contributed by atoms with E-state index in [9.17, 15) is 4.79 Å². The van der Waals surface area contributed by atoms with E-state index in [2.05, 4.69) is 10.4 Å². The number of likely N-dealkylation sites (tertiary alicyclic amines) is 1. The highest BCUT2D eigenvalue weighted by atomic mass is 16.6. The van der Waals surface area contributed by atoms with Crippen LogP contribution in [0.2, 0.25) is 0 Å². The molecular formula is C15H26N4O2. The van der Waals surface area contributed by atoms with Crippen molar-refractivity contribution in [3.63, 3.8) is 0 Å². The first kappa shape index (κ1) is 15.8. The maximum atomic E-state index is 12.2. The number of rotatable bonds is 3. The fourth-order valence-electron chi connectivity index (χ4n) is 2.64. The summed E-state index contributed by atoms with van der Waals surface area (Å²) < 4.78 is 7.50. The first-order valence-electron chi connectivity index (χ1n) is 7.55. The van der Waals surface area contributed by atoms with E-state index in [1.54, 1.807) is 4.90 Å². The van der Waals surface area contributed by atoms with Crippen LogP contribution >= 0.6 is 0 Å². The molecule has 0 bridgehead atoms. The van der Waals surface area contributed by atoms with Crippen LogP contribution in [-0.4, -0.2) is 46.5 Å². The molecule has 6 heteroatoms. The zero-order valence-electron chi connectivity index (χ0n) is 13.4. The van der Waals surface area contributed by atoms with Gasteiger partial charge in [-0.05, 0) is 46.7 Å². The zero-order valence-corrected chi connectivity index (χ0v) is 13.4. The van der Waals surface area contributed by atoms with Gasteiger partial charge in [-0.25, -0.2) is 4.79 Å². The monoisotopic (exact) mass is 294 g/mol. The second kappa shape index (κ2) is 6.47. The van der Waals surface area contributed by atoms with Crippen LogP contribution in [0.25, 0.3) is 0 Å². The molecule has 1 aliphatic rings. The largest absolute Gasteiger partial charge is 0.444 e. The molecule has 2 heterocycles. The van der Waals surface area contributed by atoms with Gasteiger partial charge in [-0.1, -0.05) is 0 Å². The van der Waals surface area contributed by atoms with Crippen molar-refractivity contribution in [2.45, 2.75) is 51.8 Å². The Bertz CT molecular complexity index is 478. The van der Waals surface area contributed by atoms with Gasteiger partial charge in [0.1, 0.15) is 5.60 Å². The third-order valence-corrected chi connectivity index (χ3v) is 3.50. The number of piperidine rings is 1. The third-order valence-electron chi connectivity index (χ3n) is 3.50. The van der Waals surface area contributed by atoms with Crippen molar-refractivity contribution in [1.29, 1.82) is 0 Å². The molecule has 1 saturated heterocycles. The fourth-order valence-corrected chi connectivity index (χ4v) is 2.64. The Morgan fingerprint density at radius 1 is 1.52 bits per heavy atom. The van der Waals surface area contributed by atoms with Crippen molar-refractivity contribution in [1.82, 2.24) is 20.0 Å². The van der Waals surface area contributed by atoms with E-state index < -0.39 is 5.60 Å². The molecule has 0 aliphatic carbocycles.